The van der Waals surface area contributed by atoms with Crippen molar-refractivity contribution in [2.75, 3.05) is 0 Å². The number of benzene rings is 9. The average Bonchev–Trinajstić information content (AvgIpc) is 3.84. The molecule has 0 bridgehead atoms. The number of rotatable bonds is 10. The molecule has 9 aromatic carbocycles. The first-order valence-electron chi connectivity index (χ1n) is 22.5. The standard InChI is InChI=1S/C62H49N/c1-3-61(4-2)57-42-45(32-40-53(57)54-41-39-52(43-58(54)61)63-59-26-16-14-24-55(59)56-25-15-17-27-60(56)63)29-28-44-30-33-46(34-31-44)47-35-37-51(38-36-47)62(48-18-8-5-9-19-48,49-20-10-6-11-21-49)50-22-12-7-13-23-50/h5-43H,3-4H2,1-2H3/b29-28+. The summed E-state index contributed by atoms with van der Waals surface area (Å²) in [6, 6.07) is 82.8. The topological polar surface area (TPSA) is 4.93 Å². The number of fused-ring (bicyclic) bond motifs is 6. The zero-order valence-corrected chi connectivity index (χ0v) is 35.9. The van der Waals surface area contributed by atoms with Gasteiger partial charge in [-0.3, -0.25) is 0 Å². The van der Waals surface area contributed by atoms with Crippen LogP contribution in [0, 0.1) is 0 Å². The zero-order valence-electron chi connectivity index (χ0n) is 35.9. The molecule has 1 aromatic heterocycles. The van der Waals surface area contributed by atoms with Gasteiger partial charge in [0, 0.05) is 21.9 Å². The second kappa shape index (κ2) is 15.8. The summed E-state index contributed by atoms with van der Waals surface area (Å²) in [5.74, 6) is 0. The average molecular weight is 808 g/mol. The second-order valence-corrected chi connectivity index (χ2v) is 17.1. The third-order valence-corrected chi connectivity index (χ3v) is 14.1. The van der Waals surface area contributed by atoms with E-state index in [0.717, 1.165) is 12.8 Å². The fraction of sp³-hybridized carbons (Fsp3) is 0.0968. The molecule has 1 nitrogen and oxygen atoms in total. The van der Waals surface area contributed by atoms with Crippen LogP contribution in [-0.4, -0.2) is 4.57 Å². The van der Waals surface area contributed by atoms with Crippen LogP contribution in [0.4, 0.5) is 0 Å². The molecule has 0 amide bonds. The first kappa shape index (κ1) is 38.4. The lowest BCUT2D eigenvalue weighted by Crippen LogP contribution is -2.30. The van der Waals surface area contributed by atoms with Crippen LogP contribution in [0.5, 0.6) is 0 Å². The van der Waals surface area contributed by atoms with Crippen molar-refractivity contribution in [3.8, 4) is 27.9 Å². The van der Waals surface area contributed by atoms with Crippen molar-refractivity contribution >= 4 is 34.0 Å². The highest BCUT2D eigenvalue weighted by atomic mass is 15.0. The highest BCUT2D eigenvalue weighted by Crippen LogP contribution is 2.54. The summed E-state index contributed by atoms with van der Waals surface area (Å²) in [4.78, 5) is 0. The zero-order chi connectivity index (χ0) is 42.4. The summed E-state index contributed by atoms with van der Waals surface area (Å²) in [6.45, 7) is 4.72. The van der Waals surface area contributed by atoms with Crippen LogP contribution in [0.2, 0.25) is 0 Å². The van der Waals surface area contributed by atoms with Crippen LogP contribution in [0.25, 0.3) is 61.9 Å². The Bertz CT molecular complexity index is 3110. The predicted octanol–water partition coefficient (Wildman–Crippen LogP) is 16.1. The van der Waals surface area contributed by atoms with E-state index < -0.39 is 5.41 Å². The largest absolute Gasteiger partial charge is 0.309 e. The molecule has 63 heavy (non-hydrogen) atoms. The van der Waals surface area contributed by atoms with Gasteiger partial charge < -0.3 is 4.57 Å². The van der Waals surface area contributed by atoms with Crippen LogP contribution in [0.15, 0.2) is 224 Å². The van der Waals surface area contributed by atoms with Gasteiger partial charge in [0.2, 0.25) is 0 Å². The number of hydrogen-bond acceptors (Lipinski definition) is 0. The molecule has 302 valence electrons. The Hall–Kier alpha value is -7.48. The Kier molecular flexibility index (Phi) is 9.62. The van der Waals surface area contributed by atoms with E-state index in [2.05, 4.69) is 255 Å². The molecule has 10 aromatic rings. The lowest BCUT2D eigenvalue weighted by molar-refractivity contribution is 0.490. The molecular formula is C62H49N. The SMILES string of the molecule is CCC1(CC)c2cc(/C=C/c3ccc(-c4ccc(C(c5ccccc5)(c5ccccc5)c5ccccc5)cc4)cc3)ccc2-c2ccc(-n3c4ccccc4c4ccccc43)cc21. The molecule has 11 rings (SSSR count). The highest BCUT2D eigenvalue weighted by Gasteiger charge is 2.41. The van der Waals surface area contributed by atoms with Crippen molar-refractivity contribution in [1.82, 2.24) is 4.57 Å². The molecule has 0 N–H and O–H groups in total. The molecule has 0 aliphatic heterocycles. The molecule has 0 unspecified atom stereocenters. The Labute approximate surface area is 371 Å². The molecular weight excluding hydrogens is 759 g/mol. The Morgan fingerprint density at radius 1 is 0.397 bits per heavy atom. The van der Waals surface area contributed by atoms with Gasteiger partial charge in [0.05, 0.1) is 16.4 Å². The van der Waals surface area contributed by atoms with E-state index in [1.807, 2.05) is 0 Å². The fourth-order valence-electron chi connectivity index (χ4n) is 10.9. The van der Waals surface area contributed by atoms with Gasteiger partial charge in [-0.15, -0.1) is 0 Å². The molecule has 1 heteroatoms. The summed E-state index contributed by atoms with van der Waals surface area (Å²) >= 11 is 0. The maximum Gasteiger partial charge on any atom is 0.0701 e. The first-order chi connectivity index (χ1) is 31.1. The van der Waals surface area contributed by atoms with E-state index in [0.29, 0.717) is 0 Å². The maximum absolute atomic E-state index is 2.48. The summed E-state index contributed by atoms with van der Waals surface area (Å²) in [5, 5.41) is 2.59. The molecule has 0 atom stereocenters. The summed E-state index contributed by atoms with van der Waals surface area (Å²) < 4.78 is 2.45. The molecule has 0 fully saturated rings. The van der Waals surface area contributed by atoms with Crippen molar-refractivity contribution in [2.24, 2.45) is 0 Å². The Morgan fingerprint density at radius 3 is 1.33 bits per heavy atom. The van der Waals surface area contributed by atoms with Crippen molar-refractivity contribution < 1.29 is 0 Å². The molecule has 1 aliphatic rings. The molecule has 1 aliphatic carbocycles. The van der Waals surface area contributed by atoms with Crippen LogP contribution >= 0.6 is 0 Å². The van der Waals surface area contributed by atoms with Crippen molar-refractivity contribution in [2.45, 2.75) is 37.5 Å². The molecule has 0 saturated heterocycles. The van der Waals surface area contributed by atoms with Crippen LogP contribution in [0.3, 0.4) is 0 Å². The minimum atomic E-state index is -0.457. The van der Waals surface area contributed by atoms with Crippen LogP contribution in [-0.2, 0) is 10.8 Å². The highest BCUT2D eigenvalue weighted by molar-refractivity contribution is 6.09. The van der Waals surface area contributed by atoms with Gasteiger partial charge in [0.25, 0.3) is 0 Å². The Morgan fingerprint density at radius 2 is 0.810 bits per heavy atom. The summed E-state index contributed by atoms with van der Waals surface area (Å²) in [7, 11) is 0. The lowest BCUT2D eigenvalue weighted by Gasteiger charge is -2.37. The predicted molar refractivity (Wildman–Crippen MR) is 267 cm³/mol. The molecule has 1 heterocycles. The van der Waals surface area contributed by atoms with Crippen LogP contribution < -0.4 is 0 Å². The normalized spacial score (nSPS) is 13.1. The summed E-state index contributed by atoms with van der Waals surface area (Å²) in [5.41, 5.74) is 18.6. The minimum absolute atomic E-state index is 0.0521. The summed E-state index contributed by atoms with van der Waals surface area (Å²) in [6.07, 6.45) is 6.62. The van der Waals surface area contributed by atoms with Gasteiger partial charge >= 0.3 is 0 Å². The van der Waals surface area contributed by atoms with E-state index in [4.69, 9.17) is 0 Å². The molecule has 0 saturated carbocycles. The fourth-order valence-corrected chi connectivity index (χ4v) is 10.9. The van der Waals surface area contributed by atoms with Crippen molar-refractivity contribution in [1.29, 1.82) is 0 Å². The van der Waals surface area contributed by atoms with Gasteiger partial charge in [-0.2, -0.15) is 0 Å². The third-order valence-electron chi connectivity index (χ3n) is 14.1. The molecule has 0 spiro atoms. The van der Waals surface area contributed by atoms with E-state index in [-0.39, 0.29) is 5.41 Å². The Balaban J connectivity index is 0.886. The number of para-hydroxylation sites is 2. The van der Waals surface area contributed by atoms with E-state index in [1.165, 1.54) is 94.3 Å². The van der Waals surface area contributed by atoms with E-state index >= 15 is 0 Å². The van der Waals surface area contributed by atoms with E-state index in [1.54, 1.807) is 0 Å². The van der Waals surface area contributed by atoms with Gasteiger partial charge in [-0.1, -0.05) is 226 Å². The number of nitrogens with zero attached hydrogens (tertiary/aromatic N) is 1. The number of hydrogen-bond donors (Lipinski definition) is 0. The van der Waals surface area contributed by atoms with E-state index in [9.17, 15) is 0 Å². The quantitative estimate of drug-likeness (QED) is 0.0958. The lowest BCUT2D eigenvalue weighted by atomic mass is 9.65. The molecule has 0 radical (unpaired) electrons. The van der Waals surface area contributed by atoms with Gasteiger partial charge in [0.1, 0.15) is 0 Å². The van der Waals surface area contributed by atoms with Gasteiger partial charge in [-0.05, 0) is 104 Å². The second-order valence-electron chi connectivity index (χ2n) is 17.1. The first-order valence-corrected chi connectivity index (χ1v) is 22.5. The van der Waals surface area contributed by atoms with Crippen molar-refractivity contribution in [3.63, 3.8) is 0 Å². The monoisotopic (exact) mass is 807 g/mol. The minimum Gasteiger partial charge on any atom is -0.309 e. The van der Waals surface area contributed by atoms with Crippen LogP contribution in [0.1, 0.15) is 71.2 Å². The van der Waals surface area contributed by atoms with Gasteiger partial charge in [-0.25, -0.2) is 0 Å². The third kappa shape index (κ3) is 6.22. The number of aromatic nitrogens is 1. The van der Waals surface area contributed by atoms with Crippen molar-refractivity contribution in [3.05, 3.63) is 269 Å². The maximum atomic E-state index is 2.48. The van der Waals surface area contributed by atoms with Gasteiger partial charge in [0.15, 0.2) is 0 Å². The smallest absolute Gasteiger partial charge is 0.0701 e.